The SMILES string of the molecule is CC(C)CCC(=O)/C=C/Cl. The van der Waals surface area contributed by atoms with Gasteiger partial charge in [0.1, 0.15) is 0 Å². The van der Waals surface area contributed by atoms with Crippen LogP contribution < -0.4 is 0 Å². The summed E-state index contributed by atoms with van der Waals surface area (Å²) in [5, 5.41) is 0. The molecule has 0 aliphatic carbocycles. The Morgan fingerprint density at radius 3 is 2.60 bits per heavy atom. The lowest BCUT2D eigenvalue weighted by atomic mass is 10.1. The third kappa shape index (κ3) is 5.83. The molecule has 10 heavy (non-hydrogen) atoms. The normalized spacial score (nSPS) is 11.2. The molecule has 0 aliphatic heterocycles. The Morgan fingerprint density at radius 2 is 2.20 bits per heavy atom. The highest BCUT2D eigenvalue weighted by Gasteiger charge is 1.98. The summed E-state index contributed by atoms with van der Waals surface area (Å²) in [5.74, 6) is 0.705. The van der Waals surface area contributed by atoms with Gasteiger partial charge in [-0.3, -0.25) is 4.79 Å². The minimum absolute atomic E-state index is 0.115. The van der Waals surface area contributed by atoms with Gasteiger partial charge in [-0.2, -0.15) is 0 Å². The Bertz CT molecular complexity index is 127. The zero-order valence-corrected chi connectivity index (χ0v) is 7.19. The molecule has 0 N–H and O–H groups in total. The van der Waals surface area contributed by atoms with Gasteiger partial charge in [-0.1, -0.05) is 25.4 Å². The van der Waals surface area contributed by atoms with E-state index in [1.54, 1.807) is 0 Å². The van der Waals surface area contributed by atoms with E-state index >= 15 is 0 Å². The molecule has 2 heteroatoms. The summed E-state index contributed by atoms with van der Waals surface area (Å²) in [5.41, 5.74) is 1.27. The second-order valence-electron chi connectivity index (χ2n) is 2.69. The first-order chi connectivity index (χ1) is 4.66. The molecular formula is C8H13ClO. The maximum absolute atomic E-state index is 10.8. The lowest BCUT2D eigenvalue weighted by Crippen LogP contribution is -1.95. The van der Waals surface area contributed by atoms with Crippen molar-refractivity contribution in [1.82, 2.24) is 0 Å². The summed E-state index contributed by atoms with van der Waals surface area (Å²) in [6.45, 7) is 4.19. The molecule has 0 heterocycles. The molecule has 0 aliphatic rings. The van der Waals surface area contributed by atoms with Crippen molar-refractivity contribution in [2.75, 3.05) is 0 Å². The van der Waals surface area contributed by atoms with Crippen LogP contribution in [-0.4, -0.2) is 5.78 Å². The number of carbonyl (C=O) groups excluding carboxylic acids is 1. The van der Waals surface area contributed by atoms with Gasteiger partial charge in [0.15, 0.2) is 5.78 Å². The molecule has 0 aromatic carbocycles. The smallest absolute Gasteiger partial charge is 0.156 e. The minimum atomic E-state index is 0.115. The van der Waals surface area contributed by atoms with Gasteiger partial charge in [-0.05, 0) is 18.4 Å². The highest BCUT2D eigenvalue weighted by atomic mass is 35.5. The fraction of sp³-hybridized carbons (Fsp3) is 0.625. The maximum atomic E-state index is 10.8. The van der Waals surface area contributed by atoms with E-state index in [0.717, 1.165) is 6.42 Å². The molecule has 0 atom stereocenters. The largest absolute Gasteiger partial charge is 0.295 e. The average molecular weight is 161 g/mol. The molecule has 0 radical (unpaired) electrons. The van der Waals surface area contributed by atoms with Crippen LogP contribution in [0.3, 0.4) is 0 Å². The number of carbonyl (C=O) groups is 1. The molecule has 0 aromatic rings. The average Bonchev–Trinajstić information content (AvgIpc) is 1.85. The summed E-state index contributed by atoms with van der Waals surface area (Å²) in [7, 11) is 0. The fourth-order valence-corrected chi connectivity index (χ4v) is 0.725. The van der Waals surface area contributed by atoms with Crippen molar-refractivity contribution in [3.05, 3.63) is 11.6 Å². The summed E-state index contributed by atoms with van der Waals surface area (Å²) >= 11 is 5.21. The van der Waals surface area contributed by atoms with Crippen LogP contribution in [0.2, 0.25) is 0 Å². The third-order valence-electron chi connectivity index (χ3n) is 1.22. The van der Waals surface area contributed by atoms with E-state index in [2.05, 4.69) is 13.8 Å². The molecule has 1 nitrogen and oxygen atoms in total. The maximum Gasteiger partial charge on any atom is 0.156 e. The van der Waals surface area contributed by atoms with Gasteiger partial charge in [0.25, 0.3) is 0 Å². The zero-order valence-electron chi connectivity index (χ0n) is 6.43. The number of rotatable bonds is 4. The van der Waals surface area contributed by atoms with E-state index in [1.807, 2.05) is 0 Å². The summed E-state index contributed by atoms with van der Waals surface area (Å²) in [6.07, 6.45) is 2.96. The predicted molar refractivity (Wildman–Crippen MR) is 44.1 cm³/mol. The van der Waals surface area contributed by atoms with E-state index in [9.17, 15) is 4.79 Å². The molecule has 58 valence electrons. The highest BCUT2D eigenvalue weighted by molar-refractivity contribution is 6.26. The van der Waals surface area contributed by atoms with Crippen molar-refractivity contribution >= 4 is 17.4 Å². The van der Waals surface area contributed by atoms with Crippen molar-refractivity contribution in [3.8, 4) is 0 Å². The summed E-state index contributed by atoms with van der Waals surface area (Å²) in [4.78, 5) is 10.8. The van der Waals surface area contributed by atoms with E-state index in [-0.39, 0.29) is 5.78 Å². The molecule has 0 bridgehead atoms. The van der Waals surface area contributed by atoms with Gasteiger partial charge in [-0.15, -0.1) is 0 Å². The number of ketones is 1. The first kappa shape index (κ1) is 9.70. The van der Waals surface area contributed by atoms with Gasteiger partial charge in [0.05, 0.1) is 0 Å². The van der Waals surface area contributed by atoms with Crippen LogP contribution in [0.1, 0.15) is 26.7 Å². The van der Waals surface area contributed by atoms with Gasteiger partial charge < -0.3 is 0 Å². The topological polar surface area (TPSA) is 17.1 Å². The quantitative estimate of drug-likeness (QED) is 0.578. The summed E-state index contributed by atoms with van der Waals surface area (Å²) < 4.78 is 0. The molecule has 0 spiro atoms. The van der Waals surface area contributed by atoms with Crippen LogP contribution in [0.5, 0.6) is 0 Å². The van der Waals surface area contributed by atoms with Crippen LogP contribution in [0.4, 0.5) is 0 Å². The van der Waals surface area contributed by atoms with Crippen LogP contribution in [0.15, 0.2) is 11.6 Å². The molecule has 0 saturated heterocycles. The second-order valence-corrected chi connectivity index (χ2v) is 2.94. The van der Waals surface area contributed by atoms with Crippen LogP contribution in [0.25, 0.3) is 0 Å². The Balaban J connectivity index is 3.40. The van der Waals surface area contributed by atoms with E-state index in [4.69, 9.17) is 11.6 Å². The molecule has 0 fully saturated rings. The Morgan fingerprint density at radius 1 is 1.60 bits per heavy atom. The van der Waals surface area contributed by atoms with Crippen LogP contribution >= 0.6 is 11.6 Å². The van der Waals surface area contributed by atoms with E-state index in [1.165, 1.54) is 11.6 Å². The number of allylic oxidation sites excluding steroid dienone is 1. The molecule has 0 saturated carbocycles. The number of halogens is 1. The van der Waals surface area contributed by atoms with Crippen molar-refractivity contribution in [2.24, 2.45) is 5.92 Å². The molecular weight excluding hydrogens is 148 g/mol. The number of hydrogen-bond acceptors (Lipinski definition) is 1. The number of hydrogen-bond donors (Lipinski definition) is 0. The lowest BCUT2D eigenvalue weighted by molar-refractivity contribution is -0.114. The van der Waals surface area contributed by atoms with Gasteiger partial charge in [0, 0.05) is 12.0 Å². The van der Waals surface area contributed by atoms with Gasteiger partial charge >= 0.3 is 0 Å². The summed E-state index contributed by atoms with van der Waals surface area (Å²) in [6, 6.07) is 0. The lowest BCUT2D eigenvalue weighted by Gasteiger charge is -1.99. The minimum Gasteiger partial charge on any atom is -0.295 e. The predicted octanol–water partition coefficient (Wildman–Crippen LogP) is 2.74. The van der Waals surface area contributed by atoms with Gasteiger partial charge in [-0.25, -0.2) is 0 Å². The third-order valence-corrected chi connectivity index (χ3v) is 1.34. The Labute approximate surface area is 67.1 Å². The van der Waals surface area contributed by atoms with Crippen molar-refractivity contribution in [3.63, 3.8) is 0 Å². The Kier molecular flexibility index (Phi) is 5.32. The molecule has 0 unspecified atom stereocenters. The van der Waals surface area contributed by atoms with Crippen molar-refractivity contribution in [2.45, 2.75) is 26.7 Å². The Hall–Kier alpha value is -0.300. The first-order valence-corrected chi connectivity index (χ1v) is 3.90. The van der Waals surface area contributed by atoms with E-state index in [0.29, 0.717) is 12.3 Å². The van der Waals surface area contributed by atoms with E-state index < -0.39 is 0 Å². The van der Waals surface area contributed by atoms with Crippen molar-refractivity contribution < 1.29 is 4.79 Å². The molecule has 0 aromatic heterocycles. The standard InChI is InChI=1S/C8H13ClO/c1-7(2)3-4-8(10)5-6-9/h5-7H,3-4H2,1-2H3/b6-5+. The van der Waals surface area contributed by atoms with Gasteiger partial charge in [0.2, 0.25) is 0 Å². The molecule has 0 rings (SSSR count). The fourth-order valence-electron chi connectivity index (χ4n) is 0.585. The van der Waals surface area contributed by atoms with Crippen LogP contribution in [-0.2, 0) is 4.79 Å². The molecule has 0 amide bonds. The monoisotopic (exact) mass is 160 g/mol. The van der Waals surface area contributed by atoms with Crippen molar-refractivity contribution in [1.29, 1.82) is 0 Å². The second kappa shape index (κ2) is 5.48. The first-order valence-electron chi connectivity index (χ1n) is 3.46. The highest BCUT2D eigenvalue weighted by Crippen LogP contribution is 2.04. The zero-order chi connectivity index (χ0) is 7.98. The van der Waals surface area contributed by atoms with Crippen LogP contribution in [0, 0.1) is 5.92 Å².